The summed E-state index contributed by atoms with van der Waals surface area (Å²) in [6.45, 7) is 4.42. The number of fused-ring (bicyclic) bond motifs is 3. The zero-order valence-electron chi connectivity index (χ0n) is 25.5. The number of rotatable bonds is 7. The second kappa shape index (κ2) is 11.9. The van der Waals surface area contributed by atoms with Gasteiger partial charge >= 0.3 is 0 Å². The van der Waals surface area contributed by atoms with Crippen molar-refractivity contribution in [2.24, 2.45) is 0 Å². The van der Waals surface area contributed by atoms with Crippen LogP contribution < -0.4 is 0 Å². The van der Waals surface area contributed by atoms with Crippen molar-refractivity contribution in [2.75, 3.05) is 0 Å². The second-order valence-corrected chi connectivity index (χ2v) is 11.9. The molecule has 1 nitrogen and oxygen atoms in total. The molecule has 8 aromatic rings. The molecule has 0 saturated heterocycles. The van der Waals surface area contributed by atoms with Gasteiger partial charge in [-0.15, -0.1) is 0 Å². The van der Waals surface area contributed by atoms with Crippen molar-refractivity contribution < 1.29 is 4.42 Å². The van der Waals surface area contributed by atoms with Crippen LogP contribution in [0.25, 0.3) is 72.0 Å². The highest BCUT2D eigenvalue weighted by molar-refractivity contribution is 6.06. The lowest BCUT2D eigenvalue weighted by Gasteiger charge is -2.10. The van der Waals surface area contributed by atoms with E-state index in [2.05, 4.69) is 164 Å². The average Bonchev–Trinajstić information content (AvgIpc) is 3.51. The Morgan fingerprint density at radius 1 is 0.391 bits per heavy atom. The summed E-state index contributed by atoms with van der Waals surface area (Å²) in [5.74, 6) is 0. The van der Waals surface area contributed by atoms with E-state index < -0.39 is 0 Å². The Balaban J connectivity index is 0.929. The molecule has 0 spiro atoms. The third-order valence-corrected chi connectivity index (χ3v) is 8.92. The minimum Gasteiger partial charge on any atom is -0.456 e. The zero-order valence-corrected chi connectivity index (χ0v) is 25.5. The predicted octanol–water partition coefficient (Wildman–Crippen LogP) is 12.5. The molecule has 0 N–H and O–H groups in total. The molecule has 46 heavy (non-hydrogen) atoms. The van der Waals surface area contributed by atoms with Gasteiger partial charge in [-0.3, -0.25) is 0 Å². The molecule has 0 bridgehead atoms. The Hall–Kier alpha value is -5.92. The molecule has 0 aliphatic rings. The first kappa shape index (κ1) is 27.6. The summed E-state index contributed by atoms with van der Waals surface area (Å²) >= 11 is 0. The topological polar surface area (TPSA) is 13.1 Å². The Labute approximate surface area is 269 Å². The summed E-state index contributed by atoms with van der Waals surface area (Å²) in [5.41, 5.74) is 15.1. The first-order valence-corrected chi connectivity index (χ1v) is 15.7. The van der Waals surface area contributed by atoms with Crippen LogP contribution in [0.5, 0.6) is 0 Å². The molecule has 218 valence electrons. The van der Waals surface area contributed by atoms with Crippen LogP contribution in [0.3, 0.4) is 0 Å². The van der Waals surface area contributed by atoms with Gasteiger partial charge in [0.25, 0.3) is 0 Å². The van der Waals surface area contributed by atoms with Crippen molar-refractivity contribution in [2.45, 2.75) is 6.42 Å². The van der Waals surface area contributed by atoms with Crippen molar-refractivity contribution >= 4 is 27.5 Å². The molecule has 7 aromatic carbocycles. The van der Waals surface area contributed by atoms with Crippen molar-refractivity contribution in [3.8, 4) is 44.5 Å². The van der Waals surface area contributed by atoms with Crippen molar-refractivity contribution in [3.05, 3.63) is 188 Å². The van der Waals surface area contributed by atoms with Crippen molar-refractivity contribution in [3.63, 3.8) is 0 Å². The Morgan fingerprint density at radius 2 is 0.826 bits per heavy atom. The van der Waals surface area contributed by atoms with Crippen LogP contribution >= 0.6 is 0 Å². The van der Waals surface area contributed by atoms with E-state index in [0.29, 0.717) is 0 Å². The Morgan fingerprint density at radius 3 is 1.43 bits per heavy atom. The van der Waals surface area contributed by atoms with Gasteiger partial charge in [0.1, 0.15) is 11.2 Å². The Bertz CT molecular complexity index is 2290. The maximum absolute atomic E-state index is 6.01. The lowest BCUT2D eigenvalue weighted by Crippen LogP contribution is -1.90. The van der Waals surface area contributed by atoms with E-state index >= 15 is 0 Å². The van der Waals surface area contributed by atoms with Gasteiger partial charge in [-0.1, -0.05) is 158 Å². The number of hydrogen-bond donors (Lipinski definition) is 0. The average molecular weight is 589 g/mol. The van der Waals surface area contributed by atoms with Crippen LogP contribution in [0.2, 0.25) is 0 Å². The fourth-order valence-corrected chi connectivity index (χ4v) is 6.31. The highest BCUT2D eigenvalue weighted by Crippen LogP contribution is 2.33. The number of benzene rings is 7. The van der Waals surface area contributed by atoms with Crippen LogP contribution in [0.4, 0.5) is 0 Å². The summed E-state index contributed by atoms with van der Waals surface area (Å²) in [6.07, 6.45) is 0.817. The normalized spacial score (nSPS) is 11.2. The van der Waals surface area contributed by atoms with Gasteiger partial charge < -0.3 is 4.42 Å². The standard InChI is InChI=1S/C45H32O/c1-31(29-32-11-13-35(14-12-32)38-21-19-36(20-22-38)34-7-3-2-4-8-34)33-15-17-37(18-16-33)39-23-25-40(26-24-39)41-27-28-45-43(30-41)42-9-5-6-10-44(42)46-45/h2-28,30H,1,29H2. The van der Waals surface area contributed by atoms with Gasteiger partial charge in [0.2, 0.25) is 0 Å². The minimum atomic E-state index is 0.817. The zero-order chi connectivity index (χ0) is 30.9. The molecule has 0 atom stereocenters. The third-order valence-electron chi connectivity index (χ3n) is 8.92. The highest BCUT2D eigenvalue weighted by atomic mass is 16.3. The van der Waals surface area contributed by atoms with E-state index in [1.807, 2.05) is 12.1 Å². The van der Waals surface area contributed by atoms with Gasteiger partial charge in [0, 0.05) is 10.8 Å². The minimum absolute atomic E-state index is 0.817. The molecule has 0 radical (unpaired) electrons. The molecule has 0 amide bonds. The lowest BCUT2D eigenvalue weighted by atomic mass is 9.95. The van der Waals surface area contributed by atoms with E-state index in [9.17, 15) is 0 Å². The van der Waals surface area contributed by atoms with Crippen molar-refractivity contribution in [1.29, 1.82) is 0 Å². The van der Waals surface area contributed by atoms with Crippen LogP contribution in [0, 0.1) is 0 Å². The van der Waals surface area contributed by atoms with Crippen molar-refractivity contribution in [1.82, 2.24) is 0 Å². The summed E-state index contributed by atoms with van der Waals surface area (Å²) in [7, 11) is 0. The van der Waals surface area contributed by atoms with Gasteiger partial charge in [0.05, 0.1) is 0 Å². The quantitative estimate of drug-likeness (QED) is 0.180. The molecule has 0 saturated carbocycles. The first-order chi connectivity index (χ1) is 22.7. The summed E-state index contributed by atoms with van der Waals surface area (Å²) in [4.78, 5) is 0. The molecule has 1 aromatic heterocycles. The SMILES string of the molecule is C=C(Cc1ccc(-c2ccc(-c3ccccc3)cc2)cc1)c1ccc(-c2ccc(-c3ccc4oc5ccccc5c4c3)cc2)cc1. The smallest absolute Gasteiger partial charge is 0.135 e. The Kier molecular flexibility index (Phi) is 7.13. The van der Waals surface area contributed by atoms with E-state index in [4.69, 9.17) is 4.42 Å². The van der Waals surface area contributed by atoms with Gasteiger partial charge in [-0.2, -0.15) is 0 Å². The van der Waals surface area contributed by atoms with Crippen LogP contribution in [-0.2, 0) is 6.42 Å². The van der Waals surface area contributed by atoms with E-state index in [0.717, 1.165) is 33.9 Å². The number of para-hydroxylation sites is 1. The molecule has 0 unspecified atom stereocenters. The van der Waals surface area contributed by atoms with Crippen LogP contribution in [0.15, 0.2) is 181 Å². The van der Waals surface area contributed by atoms with E-state index in [1.54, 1.807) is 0 Å². The van der Waals surface area contributed by atoms with Gasteiger partial charge in [0.15, 0.2) is 0 Å². The van der Waals surface area contributed by atoms with E-state index in [-0.39, 0.29) is 0 Å². The molecule has 0 aliphatic carbocycles. The van der Waals surface area contributed by atoms with Gasteiger partial charge in [-0.05, 0) is 85.8 Å². The third kappa shape index (κ3) is 5.44. The maximum Gasteiger partial charge on any atom is 0.135 e. The van der Waals surface area contributed by atoms with Crippen LogP contribution in [0.1, 0.15) is 11.1 Å². The second-order valence-electron chi connectivity index (χ2n) is 11.9. The number of hydrogen-bond acceptors (Lipinski definition) is 1. The fraction of sp³-hybridized carbons (Fsp3) is 0.0222. The largest absolute Gasteiger partial charge is 0.456 e. The predicted molar refractivity (Wildman–Crippen MR) is 195 cm³/mol. The van der Waals surface area contributed by atoms with Crippen LogP contribution in [-0.4, -0.2) is 0 Å². The number of furan rings is 1. The monoisotopic (exact) mass is 588 g/mol. The lowest BCUT2D eigenvalue weighted by molar-refractivity contribution is 0.669. The summed E-state index contributed by atoms with van der Waals surface area (Å²) < 4.78 is 6.01. The first-order valence-electron chi connectivity index (χ1n) is 15.7. The molecule has 8 rings (SSSR count). The maximum atomic E-state index is 6.01. The molecule has 0 aliphatic heterocycles. The number of allylic oxidation sites excluding steroid dienone is 1. The summed E-state index contributed by atoms with van der Waals surface area (Å²) in [5, 5.41) is 2.30. The molecule has 1 heterocycles. The molecule has 1 heteroatoms. The van der Waals surface area contributed by atoms with Gasteiger partial charge in [-0.25, -0.2) is 0 Å². The molecular weight excluding hydrogens is 556 g/mol. The fourth-order valence-electron chi connectivity index (χ4n) is 6.31. The highest BCUT2D eigenvalue weighted by Gasteiger charge is 2.09. The van der Waals surface area contributed by atoms with E-state index in [1.165, 1.54) is 55.6 Å². The molecular formula is C45H32O. The molecule has 0 fully saturated rings. The summed E-state index contributed by atoms with van der Waals surface area (Å²) in [6, 6.07) is 60.4.